The molecule has 7 nitrogen and oxygen atoms in total. The van der Waals surface area contributed by atoms with Crippen LogP contribution in [-0.2, 0) is 6.18 Å². The van der Waals surface area contributed by atoms with Crippen LogP contribution in [0.3, 0.4) is 0 Å². The average molecular weight is 493 g/mol. The lowest BCUT2D eigenvalue weighted by Gasteiger charge is -2.30. The van der Waals surface area contributed by atoms with Crippen LogP contribution in [0.15, 0.2) is 12.3 Å². The highest BCUT2D eigenvalue weighted by Crippen LogP contribution is 2.35. The number of nitrogens with one attached hydrogen (secondary N) is 2. The van der Waals surface area contributed by atoms with Crippen molar-refractivity contribution in [1.82, 2.24) is 24.9 Å². The summed E-state index contributed by atoms with van der Waals surface area (Å²) in [5, 5.41) is 5.89. The molecule has 0 atom stereocenters. The van der Waals surface area contributed by atoms with Gasteiger partial charge < -0.3 is 10.6 Å². The quantitative estimate of drug-likeness (QED) is 0.545. The summed E-state index contributed by atoms with van der Waals surface area (Å²) >= 11 is 0. The zero-order valence-corrected chi connectivity index (χ0v) is 17.8. The van der Waals surface area contributed by atoms with Crippen molar-refractivity contribution in [3.8, 4) is 11.5 Å². The Morgan fingerprint density at radius 3 is 1.65 bits per heavy atom. The van der Waals surface area contributed by atoms with Gasteiger partial charge in [-0.2, -0.15) is 28.1 Å². The molecule has 0 amide bonds. The fourth-order valence-electron chi connectivity index (χ4n) is 3.97. The Labute approximate surface area is 190 Å². The summed E-state index contributed by atoms with van der Waals surface area (Å²) in [5.41, 5.74) is -0.221. The van der Waals surface area contributed by atoms with E-state index in [0.29, 0.717) is 0 Å². The Bertz CT molecular complexity index is 947. The van der Waals surface area contributed by atoms with E-state index in [-0.39, 0.29) is 86.9 Å². The van der Waals surface area contributed by atoms with Gasteiger partial charge in [-0.1, -0.05) is 0 Å². The monoisotopic (exact) mass is 493 g/mol. The minimum Gasteiger partial charge on any atom is -0.351 e. The fourth-order valence-corrected chi connectivity index (χ4v) is 3.97. The summed E-state index contributed by atoms with van der Waals surface area (Å²) in [6.45, 7) is 0. The first-order valence-electron chi connectivity index (χ1n) is 10.8. The standard InChI is InChI=1S/C20H22F7N7/c21-18(22)6-1-11(2-7-18)29-16-32-14(13-5-10-28-15(31-13)20(25,26)27)33-17(34-16)30-12-3-8-19(23,24)9-4-12/h5,10-12H,1-4,6-9H2,(H2,29,30,32,33,34). The van der Waals surface area contributed by atoms with Crippen molar-refractivity contribution in [3.63, 3.8) is 0 Å². The third-order valence-electron chi connectivity index (χ3n) is 5.87. The highest BCUT2D eigenvalue weighted by atomic mass is 19.4. The van der Waals surface area contributed by atoms with Gasteiger partial charge in [-0.15, -0.1) is 0 Å². The van der Waals surface area contributed by atoms with E-state index < -0.39 is 23.8 Å². The summed E-state index contributed by atoms with van der Waals surface area (Å²) in [6.07, 6.45) is -4.51. The summed E-state index contributed by atoms with van der Waals surface area (Å²) < 4.78 is 93.1. The van der Waals surface area contributed by atoms with E-state index in [4.69, 9.17) is 0 Å². The van der Waals surface area contributed by atoms with Crippen molar-refractivity contribution in [2.24, 2.45) is 0 Å². The molecule has 0 radical (unpaired) electrons. The second-order valence-electron chi connectivity index (χ2n) is 8.62. The smallest absolute Gasteiger partial charge is 0.351 e. The lowest BCUT2D eigenvalue weighted by Crippen LogP contribution is -2.33. The van der Waals surface area contributed by atoms with Crippen LogP contribution in [0.2, 0.25) is 0 Å². The van der Waals surface area contributed by atoms with Gasteiger partial charge in [0.05, 0.1) is 0 Å². The predicted octanol–water partition coefficient (Wildman–Crippen LogP) is 5.33. The Morgan fingerprint density at radius 1 is 0.735 bits per heavy atom. The minimum atomic E-state index is -4.79. The molecule has 186 valence electrons. The Morgan fingerprint density at radius 2 is 1.21 bits per heavy atom. The highest BCUT2D eigenvalue weighted by molar-refractivity contribution is 5.53. The molecule has 2 fully saturated rings. The van der Waals surface area contributed by atoms with E-state index >= 15 is 0 Å². The molecule has 0 saturated heterocycles. The first kappa shape index (κ1) is 24.3. The van der Waals surface area contributed by atoms with Gasteiger partial charge in [-0.25, -0.2) is 27.5 Å². The summed E-state index contributed by atoms with van der Waals surface area (Å²) in [7, 11) is 0. The van der Waals surface area contributed by atoms with Gasteiger partial charge in [0.1, 0.15) is 5.69 Å². The molecule has 4 rings (SSSR count). The molecule has 0 bridgehead atoms. The van der Waals surface area contributed by atoms with Crippen molar-refractivity contribution in [3.05, 3.63) is 18.1 Å². The number of nitrogens with zero attached hydrogens (tertiary/aromatic N) is 5. The number of alkyl halides is 7. The Hall–Kier alpha value is -2.80. The van der Waals surface area contributed by atoms with Gasteiger partial charge in [0.15, 0.2) is 5.82 Å². The van der Waals surface area contributed by atoms with Crippen LogP contribution in [0.1, 0.15) is 57.2 Å². The number of anilines is 2. The topological polar surface area (TPSA) is 88.5 Å². The SMILES string of the molecule is FC1(F)CCC(Nc2nc(NC3CCC(F)(F)CC3)nc(-c3ccnc(C(F)(F)F)n3)n2)CC1. The van der Waals surface area contributed by atoms with E-state index in [1.54, 1.807) is 0 Å². The van der Waals surface area contributed by atoms with Gasteiger partial charge >= 0.3 is 6.18 Å². The molecule has 0 aromatic carbocycles. The molecule has 2 aliphatic carbocycles. The van der Waals surface area contributed by atoms with E-state index in [9.17, 15) is 30.7 Å². The highest BCUT2D eigenvalue weighted by Gasteiger charge is 2.37. The molecule has 2 aromatic rings. The molecule has 0 aliphatic heterocycles. The number of aromatic nitrogens is 5. The zero-order valence-electron chi connectivity index (χ0n) is 17.8. The van der Waals surface area contributed by atoms with Gasteiger partial charge in [-0.3, -0.25) is 0 Å². The van der Waals surface area contributed by atoms with Gasteiger partial charge in [0.2, 0.25) is 29.6 Å². The van der Waals surface area contributed by atoms with Crippen LogP contribution in [0.5, 0.6) is 0 Å². The van der Waals surface area contributed by atoms with Crippen molar-refractivity contribution in [1.29, 1.82) is 0 Å². The van der Waals surface area contributed by atoms with Crippen molar-refractivity contribution < 1.29 is 30.7 Å². The minimum absolute atomic E-state index is 0.0315. The Kier molecular flexibility index (Phi) is 6.51. The van der Waals surface area contributed by atoms with Crippen LogP contribution in [0, 0.1) is 0 Å². The van der Waals surface area contributed by atoms with Crippen LogP contribution < -0.4 is 10.6 Å². The van der Waals surface area contributed by atoms with Crippen LogP contribution >= 0.6 is 0 Å². The molecule has 14 heteroatoms. The Balaban J connectivity index is 1.60. The van der Waals surface area contributed by atoms with Gasteiger partial charge in [-0.05, 0) is 31.7 Å². The second kappa shape index (κ2) is 9.10. The molecule has 2 heterocycles. The number of hydrogen-bond donors (Lipinski definition) is 2. The first-order chi connectivity index (χ1) is 15.9. The number of rotatable bonds is 5. The van der Waals surface area contributed by atoms with E-state index in [1.165, 1.54) is 6.07 Å². The van der Waals surface area contributed by atoms with Crippen molar-refractivity contribution in [2.75, 3.05) is 10.6 Å². The molecule has 2 saturated carbocycles. The van der Waals surface area contributed by atoms with E-state index in [2.05, 4.69) is 35.6 Å². The molecular weight excluding hydrogens is 471 g/mol. The molecule has 0 spiro atoms. The molecule has 34 heavy (non-hydrogen) atoms. The summed E-state index contributed by atoms with van der Waals surface area (Å²) in [6, 6.07) is 0.458. The molecule has 0 unspecified atom stereocenters. The molecule has 2 aromatic heterocycles. The lowest BCUT2D eigenvalue weighted by molar-refractivity contribution is -0.144. The lowest BCUT2D eigenvalue weighted by atomic mass is 9.92. The van der Waals surface area contributed by atoms with Gasteiger partial charge in [0.25, 0.3) is 0 Å². The van der Waals surface area contributed by atoms with E-state index in [1.807, 2.05) is 0 Å². The largest absolute Gasteiger partial charge is 0.451 e. The van der Waals surface area contributed by atoms with Crippen LogP contribution in [0.4, 0.5) is 42.6 Å². The van der Waals surface area contributed by atoms with Crippen molar-refractivity contribution >= 4 is 11.9 Å². The summed E-state index contributed by atoms with van der Waals surface area (Å²) in [5.74, 6) is -7.12. The third kappa shape index (κ3) is 6.20. The van der Waals surface area contributed by atoms with Crippen LogP contribution in [0.25, 0.3) is 11.5 Å². The molecule has 2 aliphatic rings. The van der Waals surface area contributed by atoms with E-state index in [0.717, 1.165) is 6.20 Å². The second-order valence-corrected chi connectivity index (χ2v) is 8.62. The maximum absolute atomic E-state index is 13.5. The normalized spacial score (nSPS) is 21.3. The molecule has 2 N–H and O–H groups in total. The fraction of sp³-hybridized carbons (Fsp3) is 0.650. The third-order valence-corrected chi connectivity index (χ3v) is 5.87. The predicted molar refractivity (Wildman–Crippen MR) is 108 cm³/mol. The average Bonchev–Trinajstić information content (AvgIpc) is 2.76. The number of hydrogen-bond acceptors (Lipinski definition) is 7. The maximum atomic E-state index is 13.5. The summed E-state index contributed by atoms with van der Waals surface area (Å²) in [4.78, 5) is 19.2. The maximum Gasteiger partial charge on any atom is 0.451 e. The first-order valence-corrected chi connectivity index (χ1v) is 10.8. The zero-order chi connectivity index (χ0) is 24.6. The molecular formula is C20H22F7N7. The van der Waals surface area contributed by atoms with Crippen LogP contribution in [-0.4, -0.2) is 48.8 Å². The van der Waals surface area contributed by atoms with Gasteiger partial charge in [0, 0.05) is 44.0 Å². The van der Waals surface area contributed by atoms with Crippen molar-refractivity contribution in [2.45, 2.75) is 81.5 Å². The number of halogens is 7.